The van der Waals surface area contributed by atoms with Crippen molar-refractivity contribution in [2.24, 2.45) is 5.73 Å². The van der Waals surface area contributed by atoms with Crippen molar-refractivity contribution in [2.75, 3.05) is 19.8 Å². The Labute approximate surface area is 287 Å². The zero-order chi connectivity index (χ0) is 34.7. The van der Waals surface area contributed by atoms with E-state index in [-0.39, 0.29) is 25.7 Å². The van der Waals surface area contributed by atoms with E-state index in [1.54, 1.807) is 6.08 Å². The summed E-state index contributed by atoms with van der Waals surface area (Å²) in [6.45, 7) is 3.93. The first-order valence-electron chi connectivity index (χ1n) is 18.4. The predicted molar refractivity (Wildman–Crippen MR) is 198 cm³/mol. The van der Waals surface area contributed by atoms with E-state index < -0.39 is 20.0 Å². The van der Waals surface area contributed by atoms with Crippen LogP contribution in [0.2, 0.25) is 0 Å². The number of carbonyl (C=O) groups is 1. The van der Waals surface area contributed by atoms with Crippen molar-refractivity contribution in [2.45, 2.75) is 154 Å². The van der Waals surface area contributed by atoms with Crippen LogP contribution < -0.4 is 11.1 Å². The van der Waals surface area contributed by atoms with Gasteiger partial charge in [0.2, 0.25) is 5.91 Å². The van der Waals surface area contributed by atoms with E-state index in [1.807, 2.05) is 6.08 Å². The van der Waals surface area contributed by atoms with Crippen LogP contribution in [-0.2, 0) is 18.4 Å². The molecule has 47 heavy (non-hydrogen) atoms. The highest BCUT2D eigenvalue weighted by Crippen LogP contribution is 2.43. The molecule has 0 aliphatic rings. The zero-order valence-corrected chi connectivity index (χ0v) is 30.6. The van der Waals surface area contributed by atoms with Crippen LogP contribution in [0.5, 0.6) is 0 Å². The van der Waals surface area contributed by atoms with Crippen molar-refractivity contribution in [1.82, 2.24) is 5.32 Å². The number of carbonyl (C=O) groups excluding carboxylic acids is 1. The van der Waals surface area contributed by atoms with E-state index in [0.29, 0.717) is 6.42 Å². The fourth-order valence-corrected chi connectivity index (χ4v) is 5.55. The molecule has 0 aromatic heterocycles. The fourth-order valence-electron chi connectivity index (χ4n) is 4.79. The fraction of sp³-hybridized carbons (Fsp3) is 0.711. The normalized spacial score (nSPS) is 15.1. The molecule has 0 heterocycles. The number of nitrogens with two attached hydrogens (primary N) is 1. The molecular formula is C38H69N2O6P. The van der Waals surface area contributed by atoms with Crippen LogP contribution in [0, 0.1) is 0 Å². The number of phosphoric acid groups is 1. The molecule has 0 saturated heterocycles. The maximum Gasteiger partial charge on any atom is 0.472 e. The largest absolute Gasteiger partial charge is 0.472 e. The van der Waals surface area contributed by atoms with Crippen molar-refractivity contribution in [1.29, 1.82) is 0 Å². The van der Waals surface area contributed by atoms with Gasteiger partial charge in [-0.05, 0) is 70.6 Å². The molecule has 1 amide bonds. The van der Waals surface area contributed by atoms with Gasteiger partial charge in [0.1, 0.15) is 0 Å². The first-order chi connectivity index (χ1) is 22.9. The van der Waals surface area contributed by atoms with Crippen molar-refractivity contribution in [3.8, 4) is 0 Å². The highest BCUT2D eigenvalue weighted by atomic mass is 31.2. The third-order valence-electron chi connectivity index (χ3n) is 7.55. The van der Waals surface area contributed by atoms with Crippen molar-refractivity contribution in [3.63, 3.8) is 0 Å². The lowest BCUT2D eigenvalue weighted by molar-refractivity contribution is -0.123. The summed E-state index contributed by atoms with van der Waals surface area (Å²) in [5, 5.41) is 13.5. The number of allylic oxidation sites excluding steroid dienone is 9. The molecule has 5 N–H and O–H groups in total. The van der Waals surface area contributed by atoms with Gasteiger partial charge in [-0.25, -0.2) is 4.57 Å². The monoisotopic (exact) mass is 680 g/mol. The number of aliphatic hydroxyl groups excluding tert-OH is 1. The van der Waals surface area contributed by atoms with Crippen LogP contribution in [0.25, 0.3) is 0 Å². The minimum Gasteiger partial charge on any atom is -0.387 e. The first-order valence-corrected chi connectivity index (χ1v) is 19.9. The molecule has 0 fully saturated rings. The van der Waals surface area contributed by atoms with Crippen LogP contribution >= 0.6 is 7.82 Å². The summed E-state index contributed by atoms with van der Waals surface area (Å²) < 4.78 is 22.0. The van der Waals surface area contributed by atoms with Crippen molar-refractivity contribution >= 4 is 13.7 Å². The van der Waals surface area contributed by atoms with Gasteiger partial charge in [0.15, 0.2) is 0 Å². The van der Waals surface area contributed by atoms with E-state index in [0.717, 1.165) is 70.6 Å². The number of hydrogen-bond donors (Lipinski definition) is 4. The molecule has 9 heteroatoms. The Kier molecular flexibility index (Phi) is 32.8. The topological polar surface area (TPSA) is 131 Å². The zero-order valence-electron chi connectivity index (χ0n) is 29.7. The summed E-state index contributed by atoms with van der Waals surface area (Å²) in [5.74, 6) is -0.222. The Morgan fingerprint density at radius 2 is 1.26 bits per heavy atom. The Morgan fingerprint density at radius 1 is 0.723 bits per heavy atom. The minimum atomic E-state index is -4.34. The predicted octanol–water partition coefficient (Wildman–Crippen LogP) is 9.55. The second-order valence-electron chi connectivity index (χ2n) is 12.0. The lowest BCUT2D eigenvalue weighted by Crippen LogP contribution is -2.45. The SMILES string of the molecule is CC/C=C/CC/C=C/CC/C=C/C(O)C(COP(=O)(O)OCCN)NC(=O)CCCCCCCCC/C=C\C/C=C\CCCCCC. The summed E-state index contributed by atoms with van der Waals surface area (Å²) in [6, 6.07) is -0.887. The molecule has 272 valence electrons. The maximum atomic E-state index is 12.7. The lowest BCUT2D eigenvalue weighted by Gasteiger charge is -2.23. The summed E-state index contributed by atoms with van der Waals surface area (Å²) in [7, 11) is -4.34. The molecule has 0 aromatic rings. The van der Waals surface area contributed by atoms with Gasteiger partial charge in [-0.3, -0.25) is 13.8 Å². The molecule has 3 atom stereocenters. The molecule has 0 radical (unpaired) electrons. The average molecular weight is 681 g/mol. The number of aliphatic hydroxyl groups is 1. The van der Waals surface area contributed by atoms with Crippen LogP contribution in [0.3, 0.4) is 0 Å². The third kappa shape index (κ3) is 32.5. The molecule has 0 bridgehead atoms. The highest BCUT2D eigenvalue weighted by molar-refractivity contribution is 7.47. The molecule has 3 unspecified atom stereocenters. The average Bonchev–Trinajstić information content (AvgIpc) is 3.05. The van der Waals surface area contributed by atoms with E-state index in [2.05, 4.69) is 67.8 Å². The van der Waals surface area contributed by atoms with Gasteiger partial charge in [-0.2, -0.15) is 0 Å². The van der Waals surface area contributed by atoms with Gasteiger partial charge in [0.05, 0.1) is 25.4 Å². The molecular weight excluding hydrogens is 611 g/mol. The van der Waals surface area contributed by atoms with Gasteiger partial charge in [0.25, 0.3) is 0 Å². The Bertz CT molecular complexity index is 918. The van der Waals surface area contributed by atoms with E-state index >= 15 is 0 Å². The second-order valence-corrected chi connectivity index (χ2v) is 13.5. The van der Waals surface area contributed by atoms with E-state index in [9.17, 15) is 19.4 Å². The van der Waals surface area contributed by atoms with Gasteiger partial charge in [-0.1, -0.05) is 126 Å². The summed E-state index contributed by atoms with van der Waals surface area (Å²) >= 11 is 0. The standard InChI is InChI=1S/C38H69N2O6P/c1-3-5-7-9-11-13-15-16-17-18-19-20-21-22-24-26-28-30-32-38(42)40-36(35-46-47(43,44)45-34-33-39)37(41)31-29-27-25-23-14-12-10-8-6-4-2/h6,8,13-15,17-18,23,29,31,36-37,41H,3-5,7,9-12,16,19-22,24-28,30,32-35,39H2,1-2H3,(H,40,42)(H,43,44)/b8-6+,15-13-,18-17-,23-14+,31-29+. The molecule has 0 spiro atoms. The number of phosphoric ester groups is 1. The summed E-state index contributed by atoms with van der Waals surface area (Å²) in [4.78, 5) is 22.5. The summed E-state index contributed by atoms with van der Waals surface area (Å²) in [6.07, 6.45) is 41.3. The molecule has 0 aliphatic carbocycles. The van der Waals surface area contributed by atoms with Crippen molar-refractivity contribution < 1.29 is 28.4 Å². The molecule has 8 nitrogen and oxygen atoms in total. The van der Waals surface area contributed by atoms with E-state index in [4.69, 9.17) is 14.8 Å². The smallest absolute Gasteiger partial charge is 0.387 e. The third-order valence-corrected chi connectivity index (χ3v) is 8.54. The van der Waals surface area contributed by atoms with Crippen LogP contribution in [-0.4, -0.2) is 47.8 Å². The molecule has 0 rings (SSSR count). The molecule has 0 saturated carbocycles. The quantitative estimate of drug-likeness (QED) is 0.0308. The second kappa shape index (κ2) is 34.1. The maximum absolute atomic E-state index is 12.7. The number of amides is 1. The van der Waals surface area contributed by atoms with Gasteiger partial charge < -0.3 is 21.1 Å². The molecule has 0 aliphatic heterocycles. The van der Waals surface area contributed by atoms with Crippen LogP contribution in [0.15, 0.2) is 60.8 Å². The number of hydrogen-bond acceptors (Lipinski definition) is 6. The van der Waals surface area contributed by atoms with E-state index in [1.165, 1.54) is 51.4 Å². The highest BCUT2D eigenvalue weighted by Gasteiger charge is 2.26. The van der Waals surface area contributed by atoms with Gasteiger partial charge in [0, 0.05) is 13.0 Å². The van der Waals surface area contributed by atoms with Crippen LogP contribution in [0.4, 0.5) is 0 Å². The number of rotatable bonds is 33. The Morgan fingerprint density at radius 3 is 1.85 bits per heavy atom. The lowest BCUT2D eigenvalue weighted by atomic mass is 10.1. The number of unbranched alkanes of at least 4 members (excludes halogenated alkanes) is 13. The Hall–Kier alpha value is -1.80. The van der Waals surface area contributed by atoms with Gasteiger partial charge >= 0.3 is 7.82 Å². The molecule has 0 aromatic carbocycles. The summed E-state index contributed by atoms with van der Waals surface area (Å²) in [5.41, 5.74) is 5.34. The van der Waals surface area contributed by atoms with Crippen molar-refractivity contribution in [3.05, 3.63) is 60.8 Å². The Balaban J connectivity index is 4.32. The number of nitrogens with one attached hydrogen (secondary N) is 1. The van der Waals surface area contributed by atoms with Crippen LogP contribution in [0.1, 0.15) is 142 Å². The van der Waals surface area contributed by atoms with Gasteiger partial charge in [-0.15, -0.1) is 0 Å². The first kappa shape index (κ1) is 45.2. The minimum absolute atomic E-state index is 0.0675.